The predicted octanol–water partition coefficient (Wildman–Crippen LogP) is 2.12. The molecule has 6 heteroatoms. The lowest BCUT2D eigenvalue weighted by Crippen LogP contribution is -1.89. The van der Waals surface area contributed by atoms with Gasteiger partial charge in [0.25, 0.3) is 0 Å². The minimum absolute atomic E-state index is 0.721. The van der Waals surface area contributed by atoms with Gasteiger partial charge in [-0.15, -0.1) is 0 Å². The molecule has 3 aromatic rings. The fraction of sp³-hybridized carbons (Fsp3) is 0.167. The second kappa shape index (κ2) is 4.73. The normalized spacial score (nSPS) is 10.9. The van der Waals surface area contributed by atoms with Crippen molar-refractivity contribution in [3.05, 3.63) is 48.3 Å². The van der Waals surface area contributed by atoms with Gasteiger partial charge in [0.05, 0.1) is 5.69 Å². The van der Waals surface area contributed by atoms with Gasteiger partial charge in [-0.05, 0) is 19.1 Å². The first kappa shape index (κ1) is 11.2. The summed E-state index contributed by atoms with van der Waals surface area (Å²) in [4.78, 5) is 17.2. The van der Waals surface area contributed by atoms with E-state index in [1.54, 1.807) is 24.2 Å². The molecule has 3 aromatic heterocycles. The smallest absolute Gasteiger partial charge is 0.233 e. The van der Waals surface area contributed by atoms with Crippen LogP contribution in [0.2, 0.25) is 0 Å². The van der Waals surface area contributed by atoms with Crippen molar-refractivity contribution in [2.24, 2.45) is 0 Å². The van der Waals surface area contributed by atoms with Crippen molar-refractivity contribution < 1.29 is 0 Å². The van der Waals surface area contributed by atoms with Crippen LogP contribution in [-0.4, -0.2) is 24.3 Å². The minimum atomic E-state index is 0.721. The van der Waals surface area contributed by atoms with Crippen molar-refractivity contribution in [2.45, 2.75) is 17.8 Å². The van der Waals surface area contributed by atoms with Crippen LogP contribution in [-0.2, 0) is 5.75 Å². The predicted molar refractivity (Wildman–Crippen MR) is 69.3 cm³/mol. The number of aromatic nitrogens is 5. The Morgan fingerprint density at radius 3 is 3.00 bits per heavy atom. The van der Waals surface area contributed by atoms with Crippen molar-refractivity contribution in [3.63, 3.8) is 0 Å². The van der Waals surface area contributed by atoms with Crippen molar-refractivity contribution >= 4 is 17.5 Å². The Bertz CT molecular complexity index is 646. The van der Waals surface area contributed by atoms with E-state index in [1.807, 2.05) is 35.9 Å². The Labute approximate surface area is 108 Å². The van der Waals surface area contributed by atoms with Gasteiger partial charge in [0.2, 0.25) is 5.78 Å². The summed E-state index contributed by atoms with van der Waals surface area (Å²) in [6.07, 6.45) is 7.43. The molecule has 0 fully saturated rings. The molecule has 3 heterocycles. The second-order valence-electron chi connectivity index (χ2n) is 3.83. The van der Waals surface area contributed by atoms with Crippen LogP contribution in [0.1, 0.15) is 11.4 Å². The van der Waals surface area contributed by atoms with E-state index >= 15 is 0 Å². The number of fused-ring (bicyclic) bond motifs is 1. The van der Waals surface area contributed by atoms with Crippen LogP contribution in [0, 0.1) is 6.92 Å². The van der Waals surface area contributed by atoms with Crippen LogP contribution in [0.3, 0.4) is 0 Å². The number of nitrogens with zero attached hydrogens (tertiary/aromatic N) is 5. The fourth-order valence-electron chi connectivity index (χ4n) is 1.58. The van der Waals surface area contributed by atoms with E-state index in [2.05, 4.69) is 19.9 Å². The molecule has 0 bridgehead atoms. The summed E-state index contributed by atoms with van der Waals surface area (Å²) in [6, 6.07) is 3.77. The highest BCUT2D eigenvalue weighted by Gasteiger charge is 2.04. The standard InChI is InChI=1S/C12H11N5S/c1-9-3-5-14-12(15-9)18-8-10-7-17-6-2-4-13-11(17)16-10/h2-7H,8H2,1H3. The molecule has 0 saturated heterocycles. The Hall–Kier alpha value is -1.95. The molecule has 0 spiro atoms. The summed E-state index contributed by atoms with van der Waals surface area (Å²) in [5.74, 6) is 1.46. The molecule has 0 amide bonds. The third-order valence-electron chi connectivity index (χ3n) is 2.41. The maximum atomic E-state index is 4.43. The molecule has 90 valence electrons. The van der Waals surface area contributed by atoms with Crippen molar-refractivity contribution in [1.82, 2.24) is 24.3 Å². The van der Waals surface area contributed by atoms with Crippen LogP contribution >= 0.6 is 11.8 Å². The third-order valence-corrected chi connectivity index (χ3v) is 3.30. The van der Waals surface area contributed by atoms with Crippen LogP contribution < -0.4 is 0 Å². The zero-order valence-corrected chi connectivity index (χ0v) is 10.6. The number of thioether (sulfide) groups is 1. The van der Waals surface area contributed by atoms with Crippen molar-refractivity contribution in [1.29, 1.82) is 0 Å². The van der Waals surface area contributed by atoms with Gasteiger partial charge in [-0.2, -0.15) is 0 Å². The molecule has 5 nitrogen and oxygen atoms in total. The Morgan fingerprint density at radius 2 is 2.17 bits per heavy atom. The molecule has 0 atom stereocenters. The van der Waals surface area contributed by atoms with Gasteiger partial charge in [-0.25, -0.2) is 19.9 Å². The maximum Gasteiger partial charge on any atom is 0.233 e. The zero-order chi connectivity index (χ0) is 12.4. The average Bonchev–Trinajstić information content (AvgIpc) is 2.79. The van der Waals surface area contributed by atoms with Crippen LogP contribution in [0.25, 0.3) is 5.78 Å². The minimum Gasteiger partial charge on any atom is -0.291 e. The monoisotopic (exact) mass is 257 g/mol. The molecule has 0 N–H and O–H groups in total. The first-order valence-corrected chi connectivity index (χ1v) is 6.51. The summed E-state index contributed by atoms with van der Waals surface area (Å²) in [5.41, 5.74) is 1.95. The Morgan fingerprint density at radius 1 is 1.22 bits per heavy atom. The lowest BCUT2D eigenvalue weighted by atomic mass is 10.5. The molecular weight excluding hydrogens is 246 g/mol. The van der Waals surface area contributed by atoms with E-state index in [4.69, 9.17) is 0 Å². The van der Waals surface area contributed by atoms with E-state index in [0.717, 1.165) is 28.1 Å². The van der Waals surface area contributed by atoms with Gasteiger partial charge in [-0.3, -0.25) is 4.40 Å². The number of rotatable bonds is 3. The molecule has 18 heavy (non-hydrogen) atoms. The summed E-state index contributed by atoms with van der Waals surface area (Å²) in [6.45, 7) is 1.96. The Kier molecular flexibility index (Phi) is 2.93. The van der Waals surface area contributed by atoms with Gasteiger partial charge >= 0.3 is 0 Å². The molecule has 0 aliphatic rings. The Balaban J connectivity index is 1.76. The molecule has 0 unspecified atom stereocenters. The summed E-state index contributed by atoms with van der Waals surface area (Å²) < 4.78 is 1.91. The topological polar surface area (TPSA) is 56.0 Å². The van der Waals surface area contributed by atoms with Gasteiger partial charge in [-0.1, -0.05) is 11.8 Å². The maximum absolute atomic E-state index is 4.43. The molecular formula is C12H11N5S. The quantitative estimate of drug-likeness (QED) is 0.531. The van der Waals surface area contributed by atoms with Gasteiger partial charge in [0.15, 0.2) is 5.16 Å². The van der Waals surface area contributed by atoms with Crippen LogP contribution in [0.4, 0.5) is 0 Å². The van der Waals surface area contributed by atoms with Gasteiger partial charge in [0, 0.05) is 36.2 Å². The molecule has 0 saturated carbocycles. The van der Waals surface area contributed by atoms with E-state index in [1.165, 1.54) is 0 Å². The summed E-state index contributed by atoms with van der Waals surface area (Å²) >= 11 is 1.58. The SMILES string of the molecule is Cc1ccnc(SCc2cn3cccnc3n2)n1. The van der Waals surface area contributed by atoms with E-state index in [-0.39, 0.29) is 0 Å². The fourth-order valence-corrected chi connectivity index (χ4v) is 2.34. The number of hydrogen-bond donors (Lipinski definition) is 0. The molecule has 0 radical (unpaired) electrons. The highest BCUT2D eigenvalue weighted by atomic mass is 32.2. The first-order valence-electron chi connectivity index (χ1n) is 5.52. The summed E-state index contributed by atoms with van der Waals surface area (Å²) in [7, 11) is 0. The van der Waals surface area contributed by atoms with Crippen LogP contribution in [0.15, 0.2) is 42.1 Å². The highest BCUT2D eigenvalue weighted by Crippen LogP contribution is 2.18. The average molecular weight is 257 g/mol. The van der Waals surface area contributed by atoms with Crippen molar-refractivity contribution in [3.8, 4) is 0 Å². The number of imidazole rings is 1. The zero-order valence-electron chi connectivity index (χ0n) is 9.82. The largest absolute Gasteiger partial charge is 0.291 e. The van der Waals surface area contributed by atoms with Crippen LogP contribution in [0.5, 0.6) is 0 Å². The summed E-state index contributed by atoms with van der Waals surface area (Å²) in [5, 5.41) is 0.778. The molecule has 0 aromatic carbocycles. The second-order valence-corrected chi connectivity index (χ2v) is 4.77. The van der Waals surface area contributed by atoms with Gasteiger partial charge in [0.1, 0.15) is 0 Å². The third kappa shape index (κ3) is 2.33. The first-order chi connectivity index (χ1) is 8.81. The lowest BCUT2D eigenvalue weighted by Gasteiger charge is -1.97. The van der Waals surface area contributed by atoms with E-state index in [9.17, 15) is 0 Å². The number of hydrogen-bond acceptors (Lipinski definition) is 5. The van der Waals surface area contributed by atoms with E-state index < -0.39 is 0 Å². The lowest BCUT2D eigenvalue weighted by molar-refractivity contribution is 0.931. The molecule has 3 rings (SSSR count). The van der Waals surface area contributed by atoms with Crippen molar-refractivity contribution in [2.75, 3.05) is 0 Å². The van der Waals surface area contributed by atoms with Gasteiger partial charge < -0.3 is 0 Å². The highest BCUT2D eigenvalue weighted by molar-refractivity contribution is 7.98. The van der Waals surface area contributed by atoms with E-state index in [0.29, 0.717) is 0 Å². The molecule has 0 aliphatic heterocycles. The molecule has 0 aliphatic carbocycles. The number of aryl methyl sites for hydroxylation is 1.